The summed E-state index contributed by atoms with van der Waals surface area (Å²) in [6.45, 7) is 0.0829. The zero-order valence-corrected chi connectivity index (χ0v) is 19.8. The van der Waals surface area contributed by atoms with Crippen molar-refractivity contribution in [2.45, 2.75) is 6.61 Å². The molecule has 0 aliphatic heterocycles. The number of anilines is 1. The lowest BCUT2D eigenvalue weighted by Gasteiger charge is -2.09. The van der Waals surface area contributed by atoms with Crippen LogP contribution in [0.1, 0.15) is 16.3 Å². The monoisotopic (exact) mass is 606 g/mol. The number of carbonyl (C=O) groups excluding carboxylic acids is 1. The lowest BCUT2D eigenvalue weighted by atomic mass is 10.2. The molecule has 29 heavy (non-hydrogen) atoms. The molecule has 0 unspecified atom stereocenters. The molecule has 0 saturated carbocycles. The minimum absolute atomic E-state index is 0.0580. The predicted molar refractivity (Wildman–Crippen MR) is 119 cm³/mol. The minimum Gasteiger partial charge on any atom is -0.484 e. The van der Waals surface area contributed by atoms with Crippen molar-refractivity contribution in [1.29, 1.82) is 0 Å². The summed E-state index contributed by atoms with van der Waals surface area (Å²) in [5.41, 5.74) is 0.224. The molecule has 150 valence electrons. The summed E-state index contributed by atoms with van der Waals surface area (Å²) < 4.78 is 12.7. The third-order valence-corrected chi connectivity index (χ3v) is 5.66. The summed E-state index contributed by atoms with van der Waals surface area (Å²) >= 11 is 15.9. The van der Waals surface area contributed by atoms with Crippen molar-refractivity contribution < 1.29 is 18.9 Å². The highest BCUT2D eigenvalue weighted by Crippen LogP contribution is 2.35. The van der Waals surface area contributed by atoms with Crippen LogP contribution in [0.3, 0.4) is 0 Å². The van der Waals surface area contributed by atoms with Crippen molar-refractivity contribution in [2.24, 2.45) is 0 Å². The lowest BCUT2D eigenvalue weighted by Crippen LogP contribution is -2.12. The fraction of sp³-hybridized carbons (Fsp3) is 0.0556. The molecule has 0 saturated heterocycles. The van der Waals surface area contributed by atoms with Crippen molar-refractivity contribution in [3.8, 4) is 5.75 Å². The van der Waals surface area contributed by atoms with Gasteiger partial charge in [-0.15, -0.1) is 0 Å². The fourth-order valence-corrected chi connectivity index (χ4v) is 4.37. The van der Waals surface area contributed by atoms with Crippen molar-refractivity contribution in [2.75, 3.05) is 5.32 Å². The number of benzene rings is 2. The van der Waals surface area contributed by atoms with E-state index in [0.29, 0.717) is 31.2 Å². The lowest BCUT2D eigenvalue weighted by molar-refractivity contribution is -0.385. The maximum absolute atomic E-state index is 12.5. The van der Waals surface area contributed by atoms with E-state index >= 15 is 0 Å². The Hall–Kier alpha value is -1.88. The summed E-state index contributed by atoms with van der Waals surface area (Å²) in [6.07, 6.45) is 0. The Balaban J connectivity index is 1.69. The Morgan fingerprint density at radius 3 is 2.45 bits per heavy atom. The first-order chi connectivity index (χ1) is 13.7. The molecule has 11 heteroatoms. The number of hydrogen-bond acceptors (Lipinski definition) is 5. The minimum atomic E-state index is -0.530. The van der Waals surface area contributed by atoms with E-state index in [1.165, 1.54) is 18.2 Å². The van der Waals surface area contributed by atoms with E-state index in [1.807, 2.05) is 0 Å². The predicted octanol–water partition coefficient (Wildman–Crippen LogP) is 6.96. The maximum atomic E-state index is 12.5. The van der Waals surface area contributed by atoms with Gasteiger partial charge < -0.3 is 14.5 Å². The van der Waals surface area contributed by atoms with Crippen LogP contribution >= 0.6 is 59.4 Å². The van der Waals surface area contributed by atoms with Crippen LogP contribution in [0.2, 0.25) is 5.02 Å². The zero-order valence-electron chi connectivity index (χ0n) is 14.2. The second-order valence-corrected chi connectivity index (χ2v) is 8.66. The molecule has 0 spiro atoms. The van der Waals surface area contributed by atoms with Gasteiger partial charge in [-0.2, -0.15) is 0 Å². The van der Waals surface area contributed by atoms with Crippen LogP contribution in [-0.2, 0) is 6.61 Å². The molecule has 0 fully saturated rings. The number of furan rings is 1. The van der Waals surface area contributed by atoms with Crippen LogP contribution in [0.5, 0.6) is 5.75 Å². The normalized spacial score (nSPS) is 10.6. The highest BCUT2D eigenvalue weighted by molar-refractivity contribution is 9.11. The summed E-state index contributed by atoms with van der Waals surface area (Å²) in [5.74, 6) is 0.447. The average Bonchev–Trinajstić information content (AvgIpc) is 3.12. The quantitative estimate of drug-likeness (QED) is 0.241. The van der Waals surface area contributed by atoms with Crippen LogP contribution < -0.4 is 10.1 Å². The van der Waals surface area contributed by atoms with Gasteiger partial charge in [0.25, 0.3) is 11.6 Å². The molecule has 0 radical (unpaired) electrons. The molecular formula is C18H10Br3ClN2O5. The Bertz CT molecular complexity index is 1080. The number of non-ortho nitro benzene ring substituents is 1. The van der Waals surface area contributed by atoms with Gasteiger partial charge in [-0.3, -0.25) is 14.9 Å². The van der Waals surface area contributed by atoms with Gasteiger partial charge in [-0.05, 0) is 62.2 Å². The Kier molecular flexibility index (Phi) is 6.99. The van der Waals surface area contributed by atoms with E-state index in [4.69, 9.17) is 20.8 Å². The Labute approximate surface area is 194 Å². The second-order valence-electron chi connectivity index (χ2n) is 5.63. The van der Waals surface area contributed by atoms with Gasteiger partial charge in [0.2, 0.25) is 0 Å². The van der Waals surface area contributed by atoms with Crippen LogP contribution in [0.15, 0.2) is 60.3 Å². The zero-order chi connectivity index (χ0) is 21.1. The number of nitro groups is 1. The van der Waals surface area contributed by atoms with E-state index in [0.717, 1.165) is 4.47 Å². The van der Waals surface area contributed by atoms with Gasteiger partial charge in [-0.25, -0.2) is 0 Å². The first-order valence-electron chi connectivity index (χ1n) is 7.86. The molecule has 1 aromatic heterocycles. The van der Waals surface area contributed by atoms with Crippen LogP contribution in [-0.4, -0.2) is 10.8 Å². The van der Waals surface area contributed by atoms with Gasteiger partial charge in [0.1, 0.15) is 18.1 Å². The van der Waals surface area contributed by atoms with E-state index in [2.05, 4.69) is 53.1 Å². The summed E-state index contributed by atoms with van der Waals surface area (Å²) in [5, 5.41) is 14.0. The van der Waals surface area contributed by atoms with E-state index in [9.17, 15) is 14.9 Å². The molecule has 3 rings (SSSR count). The standard InChI is InChI=1S/C18H10Br3ClN2O5/c19-9-1-3-15(14(22)5-9)28-8-11-2-4-16(29-11)18(25)23-17-12(20)6-10(24(26)27)7-13(17)21/h1-7H,8H2,(H,23,25). The van der Waals surface area contributed by atoms with Crippen LogP contribution in [0, 0.1) is 10.1 Å². The molecule has 2 aromatic carbocycles. The number of amides is 1. The highest BCUT2D eigenvalue weighted by Gasteiger charge is 2.18. The number of nitrogens with zero attached hydrogens (tertiary/aromatic N) is 1. The second kappa shape index (κ2) is 9.29. The topological polar surface area (TPSA) is 94.6 Å². The largest absolute Gasteiger partial charge is 0.484 e. The maximum Gasteiger partial charge on any atom is 0.291 e. The van der Waals surface area contributed by atoms with Crippen LogP contribution in [0.4, 0.5) is 11.4 Å². The number of nitrogens with one attached hydrogen (secondary N) is 1. The summed E-state index contributed by atoms with van der Waals surface area (Å²) in [6, 6.07) is 10.9. The van der Waals surface area contributed by atoms with Gasteiger partial charge in [-0.1, -0.05) is 27.5 Å². The highest BCUT2D eigenvalue weighted by atomic mass is 79.9. The average molecular weight is 609 g/mol. The first kappa shape index (κ1) is 21.8. The van der Waals surface area contributed by atoms with E-state index < -0.39 is 10.8 Å². The molecule has 7 nitrogen and oxygen atoms in total. The first-order valence-corrected chi connectivity index (χ1v) is 10.6. The third kappa shape index (κ3) is 5.39. The van der Waals surface area contributed by atoms with Gasteiger partial charge >= 0.3 is 0 Å². The van der Waals surface area contributed by atoms with Crippen molar-refractivity contribution in [1.82, 2.24) is 0 Å². The van der Waals surface area contributed by atoms with Gasteiger partial charge in [0.15, 0.2) is 5.76 Å². The van der Waals surface area contributed by atoms with E-state index in [-0.39, 0.29) is 18.1 Å². The number of hydrogen-bond donors (Lipinski definition) is 1. The number of halogens is 4. The Morgan fingerprint density at radius 1 is 1.14 bits per heavy atom. The van der Waals surface area contributed by atoms with E-state index in [1.54, 1.807) is 24.3 Å². The molecule has 1 N–H and O–H groups in total. The van der Waals surface area contributed by atoms with Gasteiger partial charge in [0.05, 0.1) is 15.6 Å². The molecule has 1 heterocycles. The number of nitro benzene ring substituents is 1. The number of rotatable bonds is 6. The number of carbonyl (C=O) groups is 1. The SMILES string of the molecule is O=C(Nc1c(Br)cc([N+](=O)[O-])cc1Br)c1ccc(COc2ccc(Br)cc2Cl)o1. The molecular weight excluding hydrogens is 599 g/mol. The molecule has 0 aliphatic rings. The van der Waals surface area contributed by atoms with Gasteiger partial charge in [0, 0.05) is 25.6 Å². The van der Waals surface area contributed by atoms with Crippen LogP contribution in [0.25, 0.3) is 0 Å². The number of ether oxygens (including phenoxy) is 1. The van der Waals surface area contributed by atoms with Crippen molar-refractivity contribution in [3.63, 3.8) is 0 Å². The molecule has 0 bridgehead atoms. The summed E-state index contributed by atoms with van der Waals surface area (Å²) in [7, 11) is 0. The molecule has 1 amide bonds. The fourth-order valence-electron chi connectivity index (χ4n) is 2.28. The third-order valence-electron chi connectivity index (χ3n) is 3.63. The summed E-state index contributed by atoms with van der Waals surface area (Å²) in [4.78, 5) is 22.8. The van der Waals surface area contributed by atoms with Crippen molar-refractivity contribution >= 4 is 76.7 Å². The molecule has 0 aliphatic carbocycles. The smallest absolute Gasteiger partial charge is 0.291 e. The molecule has 3 aromatic rings. The Morgan fingerprint density at radius 2 is 1.83 bits per heavy atom. The van der Waals surface area contributed by atoms with Crippen molar-refractivity contribution in [3.05, 3.63) is 82.5 Å². The molecule has 0 atom stereocenters.